The Labute approximate surface area is 110 Å². The van der Waals surface area contributed by atoms with Crippen LogP contribution in [0.25, 0.3) is 0 Å². The lowest BCUT2D eigenvalue weighted by Gasteiger charge is -2.31. The molecule has 0 saturated heterocycles. The Kier molecular flexibility index (Phi) is 4.74. The number of halogens is 1. The first kappa shape index (κ1) is 15.0. The third kappa shape index (κ3) is 3.70. The Bertz CT molecular complexity index is 398. The Hall–Kier alpha value is -1.09. The smallest absolute Gasteiger partial charge is 0.165 e. The predicted octanol–water partition coefficient (Wildman–Crippen LogP) is 3.92. The van der Waals surface area contributed by atoms with E-state index in [1.54, 1.807) is 6.07 Å². The molecule has 0 fully saturated rings. The fourth-order valence-corrected chi connectivity index (χ4v) is 1.67. The van der Waals surface area contributed by atoms with Gasteiger partial charge in [0.15, 0.2) is 11.6 Å². The highest BCUT2D eigenvalue weighted by molar-refractivity contribution is 5.30. The molecule has 102 valence electrons. The lowest BCUT2D eigenvalue weighted by atomic mass is 9.87. The molecule has 2 atom stereocenters. The third-order valence-electron chi connectivity index (χ3n) is 3.47. The summed E-state index contributed by atoms with van der Waals surface area (Å²) in [5.41, 5.74) is 1.11. The molecule has 2 unspecified atom stereocenters. The van der Waals surface area contributed by atoms with Crippen molar-refractivity contribution in [3.63, 3.8) is 0 Å². The van der Waals surface area contributed by atoms with Crippen molar-refractivity contribution in [3.05, 3.63) is 29.6 Å². The van der Waals surface area contributed by atoms with Crippen molar-refractivity contribution in [3.8, 4) is 5.75 Å². The van der Waals surface area contributed by atoms with Crippen LogP contribution in [0.15, 0.2) is 18.2 Å². The van der Waals surface area contributed by atoms with Crippen molar-refractivity contribution in [1.82, 2.24) is 5.32 Å². The monoisotopic (exact) mass is 253 g/mol. The summed E-state index contributed by atoms with van der Waals surface area (Å²) in [5, 5.41) is 3.49. The Balaban J connectivity index is 2.79. The van der Waals surface area contributed by atoms with Crippen LogP contribution in [0.4, 0.5) is 4.39 Å². The van der Waals surface area contributed by atoms with Crippen molar-refractivity contribution in [2.45, 2.75) is 46.7 Å². The van der Waals surface area contributed by atoms with Gasteiger partial charge in [0.2, 0.25) is 0 Å². The van der Waals surface area contributed by atoms with E-state index >= 15 is 0 Å². The molecule has 3 heteroatoms. The highest BCUT2D eigenvalue weighted by Gasteiger charge is 2.22. The van der Waals surface area contributed by atoms with Gasteiger partial charge in [0.1, 0.15) is 0 Å². The van der Waals surface area contributed by atoms with Gasteiger partial charge in [-0.25, -0.2) is 4.39 Å². The number of benzene rings is 1. The molecule has 0 spiro atoms. The number of nitrogens with one attached hydrogen (secondary N) is 1. The van der Waals surface area contributed by atoms with Gasteiger partial charge >= 0.3 is 0 Å². The second-order valence-corrected chi connectivity index (χ2v) is 5.87. The Morgan fingerprint density at radius 3 is 2.28 bits per heavy atom. The topological polar surface area (TPSA) is 21.3 Å². The van der Waals surface area contributed by atoms with Crippen molar-refractivity contribution in [2.24, 2.45) is 5.41 Å². The molecule has 0 saturated carbocycles. The van der Waals surface area contributed by atoms with E-state index in [-0.39, 0.29) is 23.0 Å². The van der Waals surface area contributed by atoms with Crippen LogP contribution in [0.1, 0.15) is 46.2 Å². The molecule has 2 nitrogen and oxygen atoms in total. The molecule has 0 aliphatic rings. The summed E-state index contributed by atoms with van der Waals surface area (Å²) in [6.07, 6.45) is 0. The van der Waals surface area contributed by atoms with E-state index in [2.05, 4.69) is 33.0 Å². The minimum Gasteiger partial charge on any atom is -0.494 e. The number of hydrogen-bond acceptors (Lipinski definition) is 2. The van der Waals surface area contributed by atoms with E-state index in [4.69, 9.17) is 4.74 Å². The minimum atomic E-state index is -0.313. The van der Waals surface area contributed by atoms with E-state index in [9.17, 15) is 4.39 Å². The van der Waals surface area contributed by atoms with Gasteiger partial charge in [-0.15, -0.1) is 0 Å². The molecule has 0 radical (unpaired) electrons. The highest BCUT2D eigenvalue weighted by Crippen LogP contribution is 2.25. The van der Waals surface area contributed by atoms with Gasteiger partial charge in [0.25, 0.3) is 0 Å². The second-order valence-electron chi connectivity index (χ2n) is 5.87. The molecule has 1 aromatic rings. The quantitative estimate of drug-likeness (QED) is 0.878. The van der Waals surface area contributed by atoms with Crippen LogP contribution in [0.2, 0.25) is 0 Å². The summed E-state index contributed by atoms with van der Waals surface area (Å²) in [6.45, 7) is 10.8. The van der Waals surface area contributed by atoms with E-state index in [0.717, 1.165) is 5.56 Å². The summed E-state index contributed by atoms with van der Waals surface area (Å²) in [7, 11) is 1.47. The molecule has 0 aliphatic carbocycles. The third-order valence-corrected chi connectivity index (χ3v) is 3.47. The summed E-state index contributed by atoms with van der Waals surface area (Å²) < 4.78 is 18.5. The molecule has 0 aromatic heterocycles. The van der Waals surface area contributed by atoms with E-state index in [1.807, 2.05) is 13.0 Å². The minimum absolute atomic E-state index is 0.111. The summed E-state index contributed by atoms with van der Waals surface area (Å²) in [6, 6.07) is 5.56. The van der Waals surface area contributed by atoms with E-state index in [1.165, 1.54) is 13.2 Å². The first-order valence-electron chi connectivity index (χ1n) is 6.35. The van der Waals surface area contributed by atoms with Gasteiger partial charge in [-0.05, 0) is 37.0 Å². The first-order chi connectivity index (χ1) is 8.25. The van der Waals surface area contributed by atoms with Gasteiger partial charge in [0.05, 0.1) is 7.11 Å². The largest absolute Gasteiger partial charge is 0.494 e. The molecule has 18 heavy (non-hydrogen) atoms. The van der Waals surface area contributed by atoms with Gasteiger partial charge in [-0.3, -0.25) is 0 Å². The van der Waals surface area contributed by atoms with E-state index < -0.39 is 0 Å². The average Bonchev–Trinajstić information content (AvgIpc) is 2.27. The van der Waals surface area contributed by atoms with Gasteiger partial charge in [-0.2, -0.15) is 0 Å². The standard InChI is InChI=1S/C15H24FNO/c1-10(17-11(2)15(3,4)5)12-7-8-14(18-6)13(16)9-12/h7-11,17H,1-6H3. The summed E-state index contributed by atoms with van der Waals surface area (Å²) in [4.78, 5) is 0. The molecular weight excluding hydrogens is 229 g/mol. The zero-order valence-corrected chi connectivity index (χ0v) is 12.2. The zero-order chi connectivity index (χ0) is 13.9. The maximum Gasteiger partial charge on any atom is 0.165 e. The number of rotatable bonds is 4. The van der Waals surface area contributed by atoms with Gasteiger partial charge < -0.3 is 10.1 Å². The first-order valence-corrected chi connectivity index (χ1v) is 6.35. The second kappa shape index (κ2) is 5.70. The van der Waals surface area contributed by atoms with Crippen LogP contribution in [-0.4, -0.2) is 13.2 Å². The SMILES string of the molecule is COc1ccc(C(C)NC(C)C(C)(C)C)cc1F. The molecule has 1 aromatic carbocycles. The summed E-state index contributed by atoms with van der Waals surface area (Å²) >= 11 is 0. The maximum absolute atomic E-state index is 13.6. The molecule has 1 N–H and O–H groups in total. The number of ether oxygens (including phenoxy) is 1. The van der Waals surface area contributed by atoms with E-state index in [0.29, 0.717) is 6.04 Å². The van der Waals surface area contributed by atoms with Crippen LogP contribution < -0.4 is 10.1 Å². The lowest BCUT2D eigenvalue weighted by Crippen LogP contribution is -2.39. The molecule has 1 rings (SSSR count). The molecule has 0 bridgehead atoms. The molecule has 0 amide bonds. The number of methoxy groups -OCH3 is 1. The zero-order valence-electron chi connectivity index (χ0n) is 12.2. The predicted molar refractivity (Wildman–Crippen MR) is 73.4 cm³/mol. The van der Waals surface area contributed by atoms with Crippen molar-refractivity contribution in [2.75, 3.05) is 7.11 Å². The van der Waals surface area contributed by atoms with Crippen molar-refractivity contribution < 1.29 is 9.13 Å². The highest BCUT2D eigenvalue weighted by atomic mass is 19.1. The summed E-state index contributed by atoms with van der Waals surface area (Å²) in [5.74, 6) is -0.0260. The van der Waals surface area contributed by atoms with Crippen LogP contribution in [0, 0.1) is 11.2 Å². The van der Waals surface area contributed by atoms with Crippen LogP contribution in [0.5, 0.6) is 5.75 Å². The normalized spacial score (nSPS) is 15.3. The van der Waals surface area contributed by atoms with Gasteiger partial charge in [-0.1, -0.05) is 26.8 Å². The Morgan fingerprint density at radius 1 is 1.22 bits per heavy atom. The Morgan fingerprint density at radius 2 is 1.83 bits per heavy atom. The fourth-order valence-electron chi connectivity index (χ4n) is 1.67. The molecule has 0 aliphatic heterocycles. The van der Waals surface area contributed by atoms with Crippen molar-refractivity contribution >= 4 is 0 Å². The molecular formula is C15H24FNO. The van der Waals surface area contributed by atoms with Crippen LogP contribution in [0.3, 0.4) is 0 Å². The van der Waals surface area contributed by atoms with Crippen LogP contribution in [-0.2, 0) is 0 Å². The lowest BCUT2D eigenvalue weighted by molar-refractivity contribution is 0.268. The fraction of sp³-hybridized carbons (Fsp3) is 0.600. The van der Waals surface area contributed by atoms with Crippen LogP contribution >= 0.6 is 0 Å². The molecule has 0 heterocycles. The maximum atomic E-state index is 13.6. The van der Waals surface area contributed by atoms with Gasteiger partial charge in [0, 0.05) is 12.1 Å². The number of hydrogen-bond donors (Lipinski definition) is 1. The average molecular weight is 253 g/mol. The van der Waals surface area contributed by atoms with Crippen molar-refractivity contribution in [1.29, 1.82) is 0 Å².